The number of anilines is 1. The molecule has 0 aliphatic rings. The fourth-order valence-corrected chi connectivity index (χ4v) is 6.72. The van der Waals surface area contributed by atoms with Crippen LogP contribution in [0.25, 0.3) is 0 Å². The van der Waals surface area contributed by atoms with E-state index in [0.29, 0.717) is 0 Å². The standard InChI is InChI=1S/C21H23NSi/c1-22(2)18-11-10-16-21(17-18)23(3,19-12-6-4-7-13-19)20-14-8-5-9-15-20/h4-17H,1-3H3. The molecule has 0 fully saturated rings. The summed E-state index contributed by atoms with van der Waals surface area (Å²) < 4.78 is 0. The van der Waals surface area contributed by atoms with Crippen LogP contribution < -0.4 is 20.5 Å². The molecule has 1 nitrogen and oxygen atoms in total. The SMILES string of the molecule is CN(C)c1cccc([Si](C)(c2ccccc2)c2ccccc2)c1. The highest BCUT2D eigenvalue weighted by molar-refractivity contribution is 7.10. The molecule has 0 atom stereocenters. The Bertz CT molecular complexity index is 727. The maximum absolute atomic E-state index is 2.45. The normalized spacial score (nSPS) is 11.3. The molecule has 0 saturated heterocycles. The summed E-state index contributed by atoms with van der Waals surface area (Å²) >= 11 is 0. The Balaban J connectivity index is 2.23. The molecule has 23 heavy (non-hydrogen) atoms. The molecule has 0 aliphatic heterocycles. The summed E-state index contributed by atoms with van der Waals surface area (Å²) in [7, 11) is 2.22. The van der Waals surface area contributed by atoms with Gasteiger partial charge in [0, 0.05) is 19.8 Å². The van der Waals surface area contributed by atoms with Crippen molar-refractivity contribution in [1.29, 1.82) is 0 Å². The average Bonchev–Trinajstić information content (AvgIpc) is 2.62. The van der Waals surface area contributed by atoms with E-state index in [0.717, 1.165) is 0 Å². The maximum atomic E-state index is 2.45. The molecule has 116 valence electrons. The van der Waals surface area contributed by atoms with Gasteiger partial charge in [-0.1, -0.05) is 79.3 Å². The molecule has 0 aliphatic carbocycles. The Morgan fingerprint density at radius 1 is 0.609 bits per heavy atom. The highest BCUT2D eigenvalue weighted by Crippen LogP contribution is 2.13. The van der Waals surface area contributed by atoms with Gasteiger partial charge in [0.25, 0.3) is 0 Å². The highest BCUT2D eigenvalue weighted by Gasteiger charge is 2.33. The summed E-state index contributed by atoms with van der Waals surface area (Å²) in [5.74, 6) is 0. The van der Waals surface area contributed by atoms with Gasteiger partial charge in [-0.15, -0.1) is 0 Å². The maximum Gasteiger partial charge on any atom is 0.145 e. The van der Waals surface area contributed by atoms with Crippen LogP contribution in [0.4, 0.5) is 5.69 Å². The molecule has 3 rings (SSSR count). The lowest BCUT2D eigenvalue weighted by Gasteiger charge is -2.30. The van der Waals surface area contributed by atoms with E-state index in [1.165, 1.54) is 21.2 Å². The van der Waals surface area contributed by atoms with E-state index in [2.05, 4.69) is 110 Å². The summed E-state index contributed by atoms with van der Waals surface area (Å²) in [6, 6.07) is 30.9. The topological polar surface area (TPSA) is 3.24 Å². The molecular formula is C21H23NSi. The van der Waals surface area contributed by atoms with E-state index in [4.69, 9.17) is 0 Å². The minimum absolute atomic E-state index is 1.26. The van der Waals surface area contributed by atoms with Crippen molar-refractivity contribution < 1.29 is 0 Å². The van der Waals surface area contributed by atoms with Gasteiger partial charge in [0.1, 0.15) is 8.07 Å². The Kier molecular flexibility index (Phi) is 4.35. The molecule has 0 unspecified atom stereocenters. The van der Waals surface area contributed by atoms with E-state index in [-0.39, 0.29) is 0 Å². The van der Waals surface area contributed by atoms with E-state index in [9.17, 15) is 0 Å². The summed E-state index contributed by atoms with van der Waals surface area (Å²) in [6.45, 7) is 2.45. The van der Waals surface area contributed by atoms with Crippen LogP contribution in [0.5, 0.6) is 0 Å². The quantitative estimate of drug-likeness (QED) is 0.528. The van der Waals surface area contributed by atoms with Crippen molar-refractivity contribution >= 4 is 29.3 Å². The van der Waals surface area contributed by atoms with Crippen LogP contribution >= 0.6 is 0 Å². The third-order valence-corrected chi connectivity index (χ3v) is 9.08. The highest BCUT2D eigenvalue weighted by atomic mass is 28.3. The van der Waals surface area contributed by atoms with Gasteiger partial charge in [-0.25, -0.2) is 0 Å². The van der Waals surface area contributed by atoms with Gasteiger partial charge in [0.15, 0.2) is 0 Å². The van der Waals surface area contributed by atoms with Crippen LogP contribution in [-0.4, -0.2) is 22.2 Å². The Morgan fingerprint density at radius 3 is 1.57 bits per heavy atom. The van der Waals surface area contributed by atoms with Crippen molar-refractivity contribution in [3.8, 4) is 0 Å². The number of hydrogen-bond acceptors (Lipinski definition) is 1. The van der Waals surface area contributed by atoms with Crippen molar-refractivity contribution in [3.63, 3.8) is 0 Å². The molecule has 3 aromatic carbocycles. The Hall–Kier alpha value is -2.32. The largest absolute Gasteiger partial charge is 0.378 e. The second kappa shape index (κ2) is 6.43. The molecule has 2 heteroatoms. The minimum atomic E-state index is -1.98. The molecule has 0 spiro atoms. The Morgan fingerprint density at radius 2 is 1.09 bits per heavy atom. The van der Waals surface area contributed by atoms with Gasteiger partial charge < -0.3 is 4.90 Å². The molecule has 0 bridgehead atoms. The predicted molar refractivity (Wildman–Crippen MR) is 104 cm³/mol. The zero-order valence-electron chi connectivity index (χ0n) is 14.0. The lowest BCUT2D eigenvalue weighted by molar-refractivity contribution is 1.13. The second-order valence-corrected chi connectivity index (χ2v) is 10.3. The number of rotatable bonds is 4. The van der Waals surface area contributed by atoms with Crippen LogP contribution in [0.1, 0.15) is 0 Å². The third kappa shape index (κ3) is 2.95. The lowest BCUT2D eigenvalue weighted by atomic mass is 10.3. The van der Waals surface area contributed by atoms with Gasteiger partial charge in [0.2, 0.25) is 0 Å². The van der Waals surface area contributed by atoms with Gasteiger partial charge in [-0.3, -0.25) is 0 Å². The van der Waals surface area contributed by atoms with Crippen molar-refractivity contribution in [2.45, 2.75) is 6.55 Å². The first-order valence-corrected chi connectivity index (χ1v) is 10.5. The summed E-state index contributed by atoms with van der Waals surface area (Å²) in [5.41, 5.74) is 1.26. The summed E-state index contributed by atoms with van der Waals surface area (Å²) in [4.78, 5) is 2.17. The molecule has 0 amide bonds. The molecule has 3 aromatic rings. The zero-order valence-corrected chi connectivity index (χ0v) is 15.0. The summed E-state index contributed by atoms with van der Waals surface area (Å²) in [5, 5.41) is 4.34. The fourth-order valence-electron chi connectivity index (χ4n) is 3.14. The Labute approximate surface area is 140 Å². The molecule has 0 heterocycles. The van der Waals surface area contributed by atoms with Crippen LogP contribution in [-0.2, 0) is 0 Å². The predicted octanol–water partition coefficient (Wildman–Crippen LogP) is 2.85. The first kappa shape index (κ1) is 15.6. The number of hydrogen-bond donors (Lipinski definition) is 0. The van der Waals surface area contributed by atoms with E-state index in [1.54, 1.807) is 0 Å². The smallest absolute Gasteiger partial charge is 0.145 e. The van der Waals surface area contributed by atoms with Gasteiger partial charge in [-0.05, 0) is 27.7 Å². The lowest BCUT2D eigenvalue weighted by Crippen LogP contribution is -2.64. The zero-order chi connectivity index (χ0) is 16.3. The van der Waals surface area contributed by atoms with Crippen LogP contribution in [0.15, 0.2) is 84.9 Å². The van der Waals surface area contributed by atoms with Crippen LogP contribution in [0.3, 0.4) is 0 Å². The van der Waals surface area contributed by atoms with Crippen molar-refractivity contribution in [1.82, 2.24) is 0 Å². The first-order chi connectivity index (χ1) is 11.1. The number of nitrogens with zero attached hydrogens (tertiary/aromatic N) is 1. The molecular weight excluding hydrogens is 294 g/mol. The fraction of sp³-hybridized carbons (Fsp3) is 0.143. The van der Waals surface area contributed by atoms with Gasteiger partial charge in [-0.2, -0.15) is 0 Å². The van der Waals surface area contributed by atoms with Crippen LogP contribution in [0.2, 0.25) is 6.55 Å². The van der Waals surface area contributed by atoms with Gasteiger partial charge in [0.05, 0.1) is 0 Å². The molecule has 0 aromatic heterocycles. The monoisotopic (exact) mass is 317 g/mol. The van der Waals surface area contributed by atoms with Crippen molar-refractivity contribution in [2.75, 3.05) is 19.0 Å². The van der Waals surface area contributed by atoms with Crippen LogP contribution in [0, 0.1) is 0 Å². The van der Waals surface area contributed by atoms with Gasteiger partial charge >= 0.3 is 0 Å². The summed E-state index contributed by atoms with van der Waals surface area (Å²) in [6.07, 6.45) is 0. The number of benzene rings is 3. The van der Waals surface area contributed by atoms with E-state index >= 15 is 0 Å². The van der Waals surface area contributed by atoms with Crippen molar-refractivity contribution in [2.24, 2.45) is 0 Å². The second-order valence-electron chi connectivity index (χ2n) is 6.30. The van der Waals surface area contributed by atoms with Crippen molar-refractivity contribution in [3.05, 3.63) is 84.9 Å². The third-order valence-electron chi connectivity index (χ3n) is 4.64. The minimum Gasteiger partial charge on any atom is -0.378 e. The molecule has 0 saturated carbocycles. The van der Waals surface area contributed by atoms with E-state index in [1.807, 2.05) is 0 Å². The average molecular weight is 318 g/mol. The molecule has 0 radical (unpaired) electrons. The first-order valence-electron chi connectivity index (χ1n) is 8.01. The molecule has 0 N–H and O–H groups in total. The van der Waals surface area contributed by atoms with E-state index < -0.39 is 8.07 Å².